The molecule has 0 fully saturated rings. The number of rotatable bonds is 6. The molecule has 0 bridgehead atoms. The first-order valence-corrected chi connectivity index (χ1v) is 8.88. The zero-order valence-corrected chi connectivity index (χ0v) is 16.6. The Morgan fingerprint density at radius 1 is 1.07 bits per heavy atom. The van der Waals surface area contributed by atoms with Crippen LogP contribution in [-0.4, -0.2) is 32.6 Å². The van der Waals surface area contributed by atoms with Gasteiger partial charge in [-0.2, -0.15) is 0 Å². The highest BCUT2D eigenvalue weighted by atomic mass is 79.9. The van der Waals surface area contributed by atoms with Crippen LogP contribution >= 0.6 is 15.9 Å². The number of halogens is 1. The van der Waals surface area contributed by atoms with Crippen molar-refractivity contribution >= 4 is 38.7 Å². The molecule has 0 radical (unpaired) electrons. The molecule has 3 aromatic rings. The fourth-order valence-corrected chi connectivity index (χ4v) is 3.00. The van der Waals surface area contributed by atoms with Gasteiger partial charge in [0.1, 0.15) is 11.3 Å². The molecule has 0 aliphatic rings. The Labute approximate surface area is 167 Å². The van der Waals surface area contributed by atoms with E-state index in [2.05, 4.69) is 15.9 Å². The molecule has 0 aliphatic carbocycles. The minimum Gasteiger partial charge on any atom is -0.497 e. The van der Waals surface area contributed by atoms with E-state index < -0.39 is 24.0 Å². The zero-order valence-electron chi connectivity index (χ0n) is 15.0. The molecule has 0 unspecified atom stereocenters. The summed E-state index contributed by atoms with van der Waals surface area (Å²) < 4.78 is 21.1. The summed E-state index contributed by atoms with van der Waals surface area (Å²) in [6.45, 7) is -0.523. The molecule has 2 aromatic carbocycles. The Hall–Kier alpha value is -3.13. The number of hydrogen-bond acceptors (Lipinski definition) is 7. The number of carbonyl (C=O) groups is 2. The van der Waals surface area contributed by atoms with Gasteiger partial charge in [0, 0.05) is 15.4 Å². The van der Waals surface area contributed by atoms with Crippen LogP contribution in [0.25, 0.3) is 11.0 Å². The van der Waals surface area contributed by atoms with Crippen LogP contribution in [-0.2, 0) is 4.74 Å². The minimum absolute atomic E-state index is 0.208. The van der Waals surface area contributed by atoms with Gasteiger partial charge in [-0.25, -0.2) is 9.59 Å². The topological polar surface area (TPSA) is 92.0 Å². The van der Waals surface area contributed by atoms with E-state index in [-0.39, 0.29) is 11.1 Å². The first-order chi connectivity index (χ1) is 13.4. The average molecular weight is 447 g/mol. The number of hydrogen-bond donors (Lipinski definition) is 0. The van der Waals surface area contributed by atoms with Gasteiger partial charge < -0.3 is 18.6 Å². The maximum Gasteiger partial charge on any atom is 0.351 e. The molecule has 0 N–H and O–H groups in total. The summed E-state index contributed by atoms with van der Waals surface area (Å²) in [5, 5.41) is 0.469. The number of esters is 1. The number of fused-ring (bicyclic) bond motifs is 1. The van der Waals surface area contributed by atoms with Crippen molar-refractivity contribution in [1.29, 1.82) is 0 Å². The molecule has 0 saturated carbocycles. The van der Waals surface area contributed by atoms with Crippen molar-refractivity contribution in [2.45, 2.75) is 0 Å². The Morgan fingerprint density at radius 2 is 1.86 bits per heavy atom. The number of methoxy groups -OCH3 is 2. The van der Waals surface area contributed by atoms with Gasteiger partial charge in [0.15, 0.2) is 23.7 Å². The fourth-order valence-electron chi connectivity index (χ4n) is 2.55. The van der Waals surface area contributed by atoms with Crippen LogP contribution < -0.4 is 15.1 Å². The van der Waals surface area contributed by atoms with Crippen molar-refractivity contribution < 1.29 is 28.2 Å². The summed E-state index contributed by atoms with van der Waals surface area (Å²) in [5.74, 6) is -0.533. The van der Waals surface area contributed by atoms with Crippen molar-refractivity contribution in [2.75, 3.05) is 20.8 Å². The van der Waals surface area contributed by atoms with Gasteiger partial charge in [-0.05, 0) is 30.3 Å². The molecule has 3 rings (SSSR count). The van der Waals surface area contributed by atoms with Gasteiger partial charge in [-0.3, -0.25) is 4.79 Å². The molecule has 0 spiro atoms. The third-order valence-corrected chi connectivity index (χ3v) is 4.39. The second-order valence-corrected chi connectivity index (χ2v) is 6.62. The molecular formula is C20H15BrO7. The normalized spacial score (nSPS) is 10.5. The quantitative estimate of drug-likeness (QED) is 0.324. The molecule has 0 amide bonds. The zero-order chi connectivity index (χ0) is 20.3. The van der Waals surface area contributed by atoms with Crippen LogP contribution in [0.5, 0.6) is 11.5 Å². The summed E-state index contributed by atoms with van der Waals surface area (Å²) in [7, 11) is 2.92. The lowest BCUT2D eigenvalue weighted by atomic mass is 10.1. The maximum absolute atomic E-state index is 12.3. The van der Waals surface area contributed by atoms with Gasteiger partial charge in [0.25, 0.3) is 0 Å². The first-order valence-electron chi connectivity index (χ1n) is 8.08. The maximum atomic E-state index is 12.3. The van der Waals surface area contributed by atoms with Crippen molar-refractivity contribution in [3.63, 3.8) is 0 Å². The number of ether oxygens (including phenoxy) is 3. The fraction of sp³-hybridized carbons (Fsp3) is 0.150. The third kappa shape index (κ3) is 4.07. The number of carbonyl (C=O) groups excluding carboxylic acids is 2. The van der Waals surface area contributed by atoms with Crippen molar-refractivity contribution in [2.24, 2.45) is 0 Å². The van der Waals surface area contributed by atoms with Gasteiger partial charge in [0.05, 0.1) is 14.2 Å². The molecular weight excluding hydrogens is 432 g/mol. The Kier molecular flexibility index (Phi) is 5.79. The molecule has 0 atom stereocenters. The van der Waals surface area contributed by atoms with Crippen LogP contribution in [0.1, 0.15) is 20.7 Å². The second-order valence-electron chi connectivity index (χ2n) is 5.71. The molecule has 0 aliphatic heterocycles. The Bertz CT molecular complexity index is 1120. The highest BCUT2D eigenvalue weighted by Gasteiger charge is 2.19. The highest BCUT2D eigenvalue weighted by molar-refractivity contribution is 9.10. The SMILES string of the molecule is COc1cccc(C(=O)COC(=O)c2cc3cc(Br)cc(OC)c3oc2=O)c1. The molecule has 0 saturated heterocycles. The Balaban J connectivity index is 1.82. The second kappa shape index (κ2) is 8.26. The number of ketones is 1. The predicted molar refractivity (Wildman–Crippen MR) is 104 cm³/mol. The molecule has 8 heteroatoms. The smallest absolute Gasteiger partial charge is 0.351 e. The van der Waals surface area contributed by atoms with Crippen molar-refractivity contribution in [1.82, 2.24) is 0 Å². The van der Waals surface area contributed by atoms with E-state index in [1.807, 2.05) is 0 Å². The molecule has 1 aromatic heterocycles. The summed E-state index contributed by atoms with van der Waals surface area (Å²) in [6.07, 6.45) is 0. The van der Waals surface area contributed by atoms with E-state index in [9.17, 15) is 14.4 Å². The first kappa shape index (κ1) is 19.6. The monoisotopic (exact) mass is 446 g/mol. The van der Waals surface area contributed by atoms with Gasteiger partial charge >= 0.3 is 11.6 Å². The predicted octanol–water partition coefficient (Wildman–Crippen LogP) is 3.61. The van der Waals surface area contributed by atoms with Gasteiger partial charge in [-0.1, -0.05) is 28.1 Å². The summed E-state index contributed by atoms with van der Waals surface area (Å²) >= 11 is 3.32. The van der Waals surface area contributed by atoms with Crippen molar-refractivity contribution in [3.05, 3.63) is 68.5 Å². The largest absolute Gasteiger partial charge is 0.497 e. The van der Waals surface area contributed by atoms with Crippen LogP contribution in [0.15, 0.2) is 56.1 Å². The molecule has 1 heterocycles. The standard InChI is InChI=1S/C20H15BrO7/c1-25-14-5-3-4-11(7-14)16(22)10-27-19(23)15-8-12-6-13(21)9-17(26-2)18(12)28-20(15)24/h3-9H,10H2,1-2H3. The molecule has 7 nitrogen and oxygen atoms in total. The van der Waals surface area contributed by atoms with Crippen LogP contribution in [0.3, 0.4) is 0 Å². The van der Waals surface area contributed by atoms with Gasteiger partial charge in [0.2, 0.25) is 0 Å². The number of benzene rings is 2. The lowest BCUT2D eigenvalue weighted by molar-refractivity contribution is 0.0470. The number of Topliss-reactive ketones (excluding diaryl/α,β-unsaturated/α-hetero) is 1. The molecule has 144 valence electrons. The van der Waals surface area contributed by atoms with Gasteiger partial charge in [-0.15, -0.1) is 0 Å². The van der Waals surface area contributed by atoms with Crippen LogP contribution in [0.2, 0.25) is 0 Å². The van der Waals surface area contributed by atoms with Crippen molar-refractivity contribution in [3.8, 4) is 11.5 Å². The summed E-state index contributed by atoms with van der Waals surface area (Å²) in [5.41, 5.74) is -0.663. The van der Waals surface area contributed by atoms with Crippen LogP contribution in [0.4, 0.5) is 0 Å². The molecule has 28 heavy (non-hydrogen) atoms. The van der Waals surface area contributed by atoms with E-state index in [0.29, 0.717) is 26.9 Å². The lowest BCUT2D eigenvalue weighted by Gasteiger charge is -2.08. The summed E-state index contributed by atoms with van der Waals surface area (Å²) in [6, 6.07) is 11.1. The lowest BCUT2D eigenvalue weighted by Crippen LogP contribution is -2.20. The summed E-state index contributed by atoms with van der Waals surface area (Å²) in [4.78, 5) is 36.7. The average Bonchev–Trinajstić information content (AvgIpc) is 2.71. The van der Waals surface area contributed by atoms with E-state index in [4.69, 9.17) is 18.6 Å². The Morgan fingerprint density at radius 3 is 2.57 bits per heavy atom. The third-order valence-electron chi connectivity index (χ3n) is 3.93. The van der Waals surface area contributed by atoms with E-state index in [1.54, 1.807) is 30.3 Å². The van der Waals surface area contributed by atoms with E-state index in [1.165, 1.54) is 26.4 Å². The van der Waals surface area contributed by atoms with E-state index in [0.717, 1.165) is 0 Å². The minimum atomic E-state index is -0.953. The van der Waals surface area contributed by atoms with Crippen LogP contribution in [0, 0.1) is 0 Å². The van der Waals surface area contributed by atoms with E-state index >= 15 is 0 Å². The highest BCUT2D eigenvalue weighted by Crippen LogP contribution is 2.29.